The summed E-state index contributed by atoms with van der Waals surface area (Å²) in [7, 11) is -3.53. The normalized spacial score (nSPS) is 11.5. The number of hydrogen-bond acceptors (Lipinski definition) is 4. The highest BCUT2D eigenvalue weighted by atomic mass is 32.2. The molecule has 21 heavy (non-hydrogen) atoms. The van der Waals surface area contributed by atoms with E-state index in [1.54, 1.807) is 36.7 Å². The Morgan fingerprint density at radius 3 is 2.48 bits per heavy atom. The van der Waals surface area contributed by atoms with E-state index in [-0.39, 0.29) is 6.54 Å². The van der Waals surface area contributed by atoms with Gasteiger partial charge in [0, 0.05) is 25.5 Å². The summed E-state index contributed by atoms with van der Waals surface area (Å²) in [6, 6.07) is 10.6. The van der Waals surface area contributed by atoms with E-state index in [0.29, 0.717) is 11.4 Å². The molecule has 1 heterocycles. The lowest BCUT2D eigenvalue weighted by molar-refractivity contribution is 0.578. The molecule has 0 saturated heterocycles. The summed E-state index contributed by atoms with van der Waals surface area (Å²) in [6.07, 6.45) is 3.28. The third-order valence-corrected chi connectivity index (χ3v) is 4.54. The van der Waals surface area contributed by atoms with E-state index < -0.39 is 10.0 Å². The van der Waals surface area contributed by atoms with E-state index in [0.717, 1.165) is 17.7 Å². The zero-order valence-corrected chi connectivity index (χ0v) is 12.7. The number of nitrogens with zero attached hydrogens (tertiary/aromatic N) is 1. The van der Waals surface area contributed by atoms with E-state index in [4.69, 9.17) is 0 Å². The van der Waals surface area contributed by atoms with Crippen LogP contribution < -0.4 is 10.0 Å². The van der Waals surface area contributed by atoms with Crippen molar-refractivity contribution in [2.24, 2.45) is 0 Å². The van der Waals surface area contributed by atoms with Gasteiger partial charge in [0.05, 0.1) is 4.90 Å². The molecule has 2 N–H and O–H groups in total. The predicted molar refractivity (Wildman–Crippen MR) is 82.1 cm³/mol. The predicted octanol–water partition coefficient (Wildman–Crippen LogP) is 1.67. The van der Waals surface area contributed by atoms with Crippen LogP contribution in [0.4, 0.5) is 0 Å². The van der Waals surface area contributed by atoms with Crippen LogP contribution in [-0.4, -0.2) is 19.9 Å². The molecule has 112 valence electrons. The number of nitrogens with one attached hydrogen (secondary N) is 2. The molecule has 0 bridgehead atoms. The number of pyridine rings is 1. The molecule has 0 aliphatic rings. The number of benzene rings is 1. The summed E-state index contributed by atoms with van der Waals surface area (Å²) in [5.74, 6) is 0. The average molecular weight is 305 g/mol. The third kappa shape index (κ3) is 4.35. The van der Waals surface area contributed by atoms with Gasteiger partial charge in [-0.05, 0) is 35.9 Å². The van der Waals surface area contributed by atoms with Crippen LogP contribution in [0.2, 0.25) is 0 Å². The van der Waals surface area contributed by atoms with Crippen LogP contribution in [0.25, 0.3) is 0 Å². The number of aromatic nitrogens is 1. The number of rotatable bonds is 7. The Bertz CT molecular complexity index is 672. The quantitative estimate of drug-likeness (QED) is 0.816. The van der Waals surface area contributed by atoms with E-state index in [9.17, 15) is 8.42 Å². The van der Waals surface area contributed by atoms with Gasteiger partial charge in [0.15, 0.2) is 0 Å². The van der Waals surface area contributed by atoms with E-state index >= 15 is 0 Å². The van der Waals surface area contributed by atoms with Crippen LogP contribution in [0.3, 0.4) is 0 Å². The second-order valence-corrected chi connectivity index (χ2v) is 6.30. The van der Waals surface area contributed by atoms with E-state index in [2.05, 4.69) is 15.0 Å². The van der Waals surface area contributed by atoms with Crippen molar-refractivity contribution in [1.29, 1.82) is 0 Å². The second-order valence-electron chi connectivity index (χ2n) is 4.57. The van der Waals surface area contributed by atoms with Crippen LogP contribution in [0, 0.1) is 0 Å². The summed E-state index contributed by atoms with van der Waals surface area (Å²) in [6.45, 7) is 3.56. The van der Waals surface area contributed by atoms with Crippen molar-refractivity contribution < 1.29 is 8.42 Å². The molecule has 0 spiro atoms. The maximum Gasteiger partial charge on any atom is 0.241 e. The molecule has 0 amide bonds. The lowest BCUT2D eigenvalue weighted by Crippen LogP contribution is -2.25. The first-order valence-electron chi connectivity index (χ1n) is 6.80. The SMILES string of the molecule is CCNCc1ccccc1S(=O)(=O)NCc1ccncc1. The van der Waals surface area contributed by atoms with Crippen LogP contribution >= 0.6 is 0 Å². The van der Waals surface area contributed by atoms with Gasteiger partial charge in [0.2, 0.25) is 10.0 Å². The molecule has 2 rings (SSSR count). The largest absolute Gasteiger partial charge is 0.313 e. The molecule has 1 aromatic heterocycles. The van der Waals surface area contributed by atoms with Gasteiger partial charge < -0.3 is 5.32 Å². The molecule has 0 radical (unpaired) electrons. The summed E-state index contributed by atoms with van der Waals surface area (Å²) >= 11 is 0. The minimum absolute atomic E-state index is 0.250. The summed E-state index contributed by atoms with van der Waals surface area (Å²) < 4.78 is 27.5. The lowest BCUT2D eigenvalue weighted by Gasteiger charge is -2.11. The zero-order valence-electron chi connectivity index (χ0n) is 11.9. The monoisotopic (exact) mass is 305 g/mol. The molecule has 6 heteroatoms. The van der Waals surface area contributed by atoms with E-state index in [1.807, 2.05) is 19.1 Å². The smallest absolute Gasteiger partial charge is 0.241 e. The highest BCUT2D eigenvalue weighted by molar-refractivity contribution is 7.89. The van der Waals surface area contributed by atoms with Crippen molar-refractivity contribution in [3.8, 4) is 0 Å². The van der Waals surface area contributed by atoms with Gasteiger partial charge in [-0.3, -0.25) is 4.98 Å². The standard InChI is InChI=1S/C15H19N3O2S/c1-2-16-12-14-5-3-4-6-15(14)21(19,20)18-11-13-7-9-17-10-8-13/h3-10,16,18H,2,11-12H2,1H3. The summed E-state index contributed by atoms with van der Waals surface area (Å²) in [5.41, 5.74) is 1.64. The maximum absolute atomic E-state index is 12.4. The molecule has 1 aromatic carbocycles. The Balaban J connectivity index is 2.15. The minimum atomic E-state index is -3.53. The van der Waals surface area contributed by atoms with Gasteiger partial charge in [-0.2, -0.15) is 0 Å². The van der Waals surface area contributed by atoms with Crippen LogP contribution in [0.5, 0.6) is 0 Å². The highest BCUT2D eigenvalue weighted by Gasteiger charge is 2.17. The summed E-state index contributed by atoms with van der Waals surface area (Å²) in [5, 5.41) is 3.15. The number of sulfonamides is 1. The molecule has 0 aliphatic heterocycles. The fourth-order valence-electron chi connectivity index (χ4n) is 1.93. The molecular weight excluding hydrogens is 286 g/mol. The lowest BCUT2D eigenvalue weighted by atomic mass is 10.2. The fourth-order valence-corrected chi connectivity index (χ4v) is 3.18. The molecule has 0 aliphatic carbocycles. The molecule has 2 aromatic rings. The Morgan fingerprint density at radius 1 is 1.05 bits per heavy atom. The Labute approximate surface area is 125 Å². The first-order valence-corrected chi connectivity index (χ1v) is 8.29. The topological polar surface area (TPSA) is 71.1 Å². The van der Waals surface area contributed by atoms with E-state index in [1.165, 1.54) is 0 Å². The van der Waals surface area contributed by atoms with Crippen LogP contribution in [0.15, 0.2) is 53.7 Å². The second kappa shape index (κ2) is 7.31. The van der Waals surface area contributed by atoms with Gasteiger partial charge in [-0.1, -0.05) is 25.1 Å². The van der Waals surface area contributed by atoms with Crippen molar-refractivity contribution in [3.63, 3.8) is 0 Å². The van der Waals surface area contributed by atoms with Crippen molar-refractivity contribution in [2.75, 3.05) is 6.54 Å². The van der Waals surface area contributed by atoms with Crippen molar-refractivity contribution in [1.82, 2.24) is 15.0 Å². The molecule has 5 nitrogen and oxygen atoms in total. The first kappa shape index (κ1) is 15.6. The van der Waals surface area contributed by atoms with Gasteiger partial charge in [0.1, 0.15) is 0 Å². The molecule has 0 atom stereocenters. The van der Waals surface area contributed by atoms with Crippen LogP contribution in [-0.2, 0) is 23.1 Å². The Kier molecular flexibility index (Phi) is 5.44. The fraction of sp³-hybridized carbons (Fsp3) is 0.267. The number of hydrogen-bond donors (Lipinski definition) is 2. The molecule has 0 unspecified atom stereocenters. The molecule has 0 saturated carbocycles. The van der Waals surface area contributed by atoms with Crippen molar-refractivity contribution in [2.45, 2.75) is 24.9 Å². The van der Waals surface area contributed by atoms with Crippen LogP contribution in [0.1, 0.15) is 18.1 Å². The minimum Gasteiger partial charge on any atom is -0.313 e. The molecular formula is C15H19N3O2S. The average Bonchev–Trinajstić information content (AvgIpc) is 2.52. The van der Waals surface area contributed by atoms with Gasteiger partial charge >= 0.3 is 0 Å². The molecule has 0 fully saturated rings. The van der Waals surface area contributed by atoms with Crippen molar-refractivity contribution >= 4 is 10.0 Å². The highest BCUT2D eigenvalue weighted by Crippen LogP contribution is 2.15. The first-order chi connectivity index (χ1) is 10.1. The summed E-state index contributed by atoms with van der Waals surface area (Å²) in [4.78, 5) is 4.23. The Morgan fingerprint density at radius 2 is 1.76 bits per heavy atom. The van der Waals surface area contributed by atoms with Gasteiger partial charge in [0.25, 0.3) is 0 Å². The Hall–Kier alpha value is -1.76. The van der Waals surface area contributed by atoms with Gasteiger partial charge in [-0.15, -0.1) is 0 Å². The van der Waals surface area contributed by atoms with Crippen molar-refractivity contribution in [3.05, 3.63) is 59.9 Å². The zero-order chi connectivity index (χ0) is 15.1. The third-order valence-electron chi connectivity index (χ3n) is 3.04. The maximum atomic E-state index is 12.4. The van der Waals surface area contributed by atoms with Gasteiger partial charge in [-0.25, -0.2) is 13.1 Å².